The Labute approximate surface area is 122 Å². The van der Waals surface area contributed by atoms with Crippen molar-refractivity contribution in [3.63, 3.8) is 0 Å². The zero-order chi connectivity index (χ0) is 14.7. The van der Waals surface area contributed by atoms with E-state index in [1.54, 1.807) is 0 Å². The summed E-state index contributed by atoms with van der Waals surface area (Å²) in [7, 11) is 0. The van der Waals surface area contributed by atoms with Crippen LogP contribution in [0.25, 0.3) is 0 Å². The van der Waals surface area contributed by atoms with Crippen molar-refractivity contribution in [2.75, 3.05) is 18.4 Å². The van der Waals surface area contributed by atoms with Gasteiger partial charge in [-0.15, -0.1) is 0 Å². The molecule has 0 aliphatic carbocycles. The van der Waals surface area contributed by atoms with Gasteiger partial charge in [-0.1, -0.05) is 25.1 Å². The topological polar surface area (TPSA) is 32.3 Å². The fraction of sp³-hybridized carbons (Fsp3) is 0.588. The van der Waals surface area contributed by atoms with Gasteiger partial charge in [0.05, 0.1) is 6.04 Å². The van der Waals surface area contributed by atoms with E-state index in [2.05, 4.69) is 17.1 Å². The second kappa shape index (κ2) is 6.40. The smallest absolute Gasteiger partial charge is 0.241 e. The molecule has 20 heavy (non-hydrogen) atoms. The highest BCUT2D eigenvalue weighted by molar-refractivity contribution is 5.95. The second-order valence-corrected chi connectivity index (χ2v) is 6.15. The van der Waals surface area contributed by atoms with Crippen molar-refractivity contribution in [2.24, 2.45) is 5.92 Å². The van der Waals surface area contributed by atoms with Gasteiger partial charge >= 0.3 is 0 Å². The van der Waals surface area contributed by atoms with Crippen LogP contribution in [0.3, 0.4) is 0 Å². The van der Waals surface area contributed by atoms with E-state index in [9.17, 15) is 4.79 Å². The molecule has 1 aromatic carbocycles. The van der Waals surface area contributed by atoms with Crippen molar-refractivity contribution in [3.05, 3.63) is 29.3 Å². The third-order valence-electron chi connectivity index (χ3n) is 4.47. The molecule has 1 atom stereocenters. The van der Waals surface area contributed by atoms with Crippen LogP contribution >= 0.6 is 0 Å². The van der Waals surface area contributed by atoms with Gasteiger partial charge in [0.15, 0.2) is 0 Å². The average Bonchev–Trinajstić information content (AvgIpc) is 2.43. The first kappa shape index (κ1) is 15.0. The third kappa shape index (κ3) is 3.40. The molecule has 0 saturated carbocycles. The highest BCUT2D eigenvalue weighted by atomic mass is 16.2. The molecule has 0 unspecified atom stereocenters. The van der Waals surface area contributed by atoms with Gasteiger partial charge in [-0.25, -0.2) is 0 Å². The Morgan fingerprint density at radius 3 is 2.35 bits per heavy atom. The minimum atomic E-state index is -0.0542. The molecule has 3 nitrogen and oxygen atoms in total. The molecule has 0 bridgehead atoms. The van der Waals surface area contributed by atoms with Gasteiger partial charge in [0, 0.05) is 5.69 Å². The summed E-state index contributed by atoms with van der Waals surface area (Å²) in [4.78, 5) is 14.7. The van der Waals surface area contributed by atoms with Crippen molar-refractivity contribution in [1.29, 1.82) is 0 Å². The van der Waals surface area contributed by atoms with E-state index in [4.69, 9.17) is 0 Å². The molecule has 3 heteroatoms. The molecule has 1 saturated heterocycles. The standard InChI is InChI=1S/C17H26N2O/c1-12-8-10-19(11-9-12)15(4)17(20)18-16-13(2)6-5-7-14(16)3/h5-7,12,15H,8-11H2,1-4H3,(H,18,20)/t15-/m1/s1. The first-order chi connectivity index (χ1) is 9.49. The van der Waals surface area contributed by atoms with Crippen molar-refractivity contribution in [3.8, 4) is 0 Å². The number of nitrogens with zero attached hydrogens (tertiary/aromatic N) is 1. The van der Waals surface area contributed by atoms with Crippen molar-refractivity contribution >= 4 is 11.6 Å². The summed E-state index contributed by atoms with van der Waals surface area (Å²) in [5.41, 5.74) is 3.21. The molecule has 1 aliphatic heterocycles. The van der Waals surface area contributed by atoms with Gasteiger partial charge in [0.2, 0.25) is 5.91 Å². The number of likely N-dealkylation sites (tertiary alicyclic amines) is 1. The van der Waals surface area contributed by atoms with Crippen LogP contribution < -0.4 is 5.32 Å². The maximum atomic E-state index is 12.4. The van der Waals surface area contributed by atoms with Crippen molar-refractivity contribution in [1.82, 2.24) is 4.90 Å². The van der Waals surface area contributed by atoms with Crippen LogP contribution in [0.15, 0.2) is 18.2 Å². The minimum absolute atomic E-state index is 0.0542. The summed E-state index contributed by atoms with van der Waals surface area (Å²) < 4.78 is 0. The fourth-order valence-electron chi connectivity index (χ4n) is 2.82. The Kier molecular flexibility index (Phi) is 4.81. The molecular weight excluding hydrogens is 248 g/mol. The van der Waals surface area contributed by atoms with E-state index in [1.165, 1.54) is 12.8 Å². The number of hydrogen-bond acceptors (Lipinski definition) is 2. The summed E-state index contributed by atoms with van der Waals surface area (Å²) in [5.74, 6) is 0.900. The van der Waals surface area contributed by atoms with Gasteiger partial charge in [-0.05, 0) is 63.7 Å². The Hall–Kier alpha value is -1.35. The lowest BCUT2D eigenvalue weighted by Gasteiger charge is -2.34. The summed E-state index contributed by atoms with van der Waals surface area (Å²) in [6.45, 7) is 10.4. The molecule has 0 spiro atoms. The Balaban J connectivity index is 2.01. The van der Waals surface area contributed by atoms with Crippen LogP contribution in [0.5, 0.6) is 0 Å². The van der Waals surface area contributed by atoms with Gasteiger partial charge in [0.1, 0.15) is 0 Å². The quantitative estimate of drug-likeness (QED) is 0.916. The molecular formula is C17H26N2O. The molecule has 1 amide bonds. The first-order valence-corrected chi connectivity index (χ1v) is 7.60. The molecule has 1 fully saturated rings. The van der Waals surface area contributed by atoms with E-state index in [0.29, 0.717) is 0 Å². The lowest BCUT2D eigenvalue weighted by atomic mass is 9.98. The van der Waals surface area contributed by atoms with E-state index >= 15 is 0 Å². The normalized spacial score (nSPS) is 18.8. The number of para-hydroxylation sites is 1. The Bertz CT molecular complexity index is 456. The number of hydrogen-bond donors (Lipinski definition) is 1. The van der Waals surface area contributed by atoms with Gasteiger partial charge < -0.3 is 5.32 Å². The number of piperidine rings is 1. The van der Waals surface area contributed by atoms with Crippen LogP contribution in [0.1, 0.15) is 37.8 Å². The molecule has 1 aliphatic rings. The summed E-state index contributed by atoms with van der Waals surface area (Å²) >= 11 is 0. The number of rotatable bonds is 3. The monoisotopic (exact) mass is 274 g/mol. The largest absolute Gasteiger partial charge is 0.324 e. The molecule has 110 valence electrons. The predicted molar refractivity (Wildman–Crippen MR) is 84.0 cm³/mol. The SMILES string of the molecule is Cc1cccc(C)c1NC(=O)[C@@H](C)N1CCC(C)CC1. The first-order valence-electron chi connectivity index (χ1n) is 7.60. The Morgan fingerprint density at radius 1 is 1.25 bits per heavy atom. The van der Waals surface area contributed by atoms with Crippen LogP contribution in [0.4, 0.5) is 5.69 Å². The highest BCUT2D eigenvalue weighted by Gasteiger charge is 2.25. The predicted octanol–water partition coefficient (Wildman–Crippen LogP) is 3.36. The maximum Gasteiger partial charge on any atom is 0.241 e. The van der Waals surface area contributed by atoms with Gasteiger partial charge in [0.25, 0.3) is 0 Å². The summed E-state index contributed by atoms with van der Waals surface area (Å²) in [6, 6.07) is 6.04. The van der Waals surface area contributed by atoms with E-state index in [1.807, 2.05) is 39.0 Å². The van der Waals surface area contributed by atoms with E-state index in [0.717, 1.165) is 35.8 Å². The van der Waals surface area contributed by atoms with Crippen molar-refractivity contribution < 1.29 is 4.79 Å². The number of carbonyl (C=O) groups excluding carboxylic acids is 1. The molecule has 0 radical (unpaired) electrons. The van der Waals surface area contributed by atoms with Gasteiger partial charge in [-0.2, -0.15) is 0 Å². The van der Waals surface area contributed by atoms with Crippen LogP contribution in [0, 0.1) is 19.8 Å². The zero-order valence-electron chi connectivity index (χ0n) is 13.1. The second-order valence-electron chi connectivity index (χ2n) is 6.15. The number of benzene rings is 1. The number of amides is 1. The van der Waals surface area contributed by atoms with Crippen LogP contribution in [-0.4, -0.2) is 29.9 Å². The molecule has 0 aromatic heterocycles. The molecule has 2 rings (SSSR count). The number of nitrogens with one attached hydrogen (secondary N) is 1. The average molecular weight is 274 g/mol. The third-order valence-corrected chi connectivity index (χ3v) is 4.47. The molecule has 1 heterocycles. The minimum Gasteiger partial charge on any atom is -0.324 e. The number of anilines is 1. The molecule has 1 aromatic rings. The number of aryl methyl sites for hydroxylation is 2. The summed E-state index contributed by atoms with van der Waals surface area (Å²) in [6.07, 6.45) is 2.39. The fourth-order valence-corrected chi connectivity index (χ4v) is 2.82. The number of carbonyl (C=O) groups is 1. The van der Waals surface area contributed by atoms with E-state index in [-0.39, 0.29) is 11.9 Å². The van der Waals surface area contributed by atoms with Crippen LogP contribution in [0.2, 0.25) is 0 Å². The summed E-state index contributed by atoms with van der Waals surface area (Å²) in [5, 5.41) is 3.11. The van der Waals surface area contributed by atoms with Gasteiger partial charge in [-0.3, -0.25) is 9.69 Å². The lowest BCUT2D eigenvalue weighted by Crippen LogP contribution is -2.45. The van der Waals surface area contributed by atoms with Crippen molar-refractivity contribution in [2.45, 2.75) is 46.6 Å². The molecule has 1 N–H and O–H groups in total. The lowest BCUT2D eigenvalue weighted by molar-refractivity contribution is -0.121. The highest BCUT2D eigenvalue weighted by Crippen LogP contribution is 2.22. The van der Waals surface area contributed by atoms with Crippen LogP contribution in [-0.2, 0) is 4.79 Å². The zero-order valence-corrected chi connectivity index (χ0v) is 13.1. The van der Waals surface area contributed by atoms with E-state index < -0.39 is 0 Å². The Morgan fingerprint density at radius 2 is 1.80 bits per heavy atom. The maximum absolute atomic E-state index is 12.4.